The van der Waals surface area contributed by atoms with Crippen molar-refractivity contribution in [3.05, 3.63) is 113 Å². The molecule has 0 saturated heterocycles. The van der Waals surface area contributed by atoms with Crippen molar-refractivity contribution < 1.29 is 5.48 Å². The van der Waals surface area contributed by atoms with Gasteiger partial charge in [0.05, 0.1) is 0 Å². The highest BCUT2D eigenvalue weighted by Gasteiger charge is 2.05. The van der Waals surface area contributed by atoms with E-state index in [1.807, 2.05) is 48.5 Å². The Balaban J connectivity index is 0.000000227. The smallest absolute Gasteiger partial charge is 0.0426 e. The first kappa shape index (κ1) is 28.4. The van der Waals surface area contributed by atoms with Gasteiger partial charge in [0.2, 0.25) is 0 Å². The van der Waals surface area contributed by atoms with Crippen LogP contribution in [0, 0.1) is 0 Å². The first-order valence-electron chi connectivity index (χ1n) is 8.94. The van der Waals surface area contributed by atoms with E-state index >= 15 is 0 Å². The van der Waals surface area contributed by atoms with Crippen LogP contribution in [-0.2, 0) is 0 Å². The molecule has 0 unspecified atom stereocenters. The van der Waals surface area contributed by atoms with Crippen LogP contribution in [0.25, 0.3) is 22.3 Å². The minimum Gasteiger partial charge on any atom is -0.412 e. The van der Waals surface area contributed by atoms with Crippen molar-refractivity contribution in [2.75, 3.05) is 0 Å². The van der Waals surface area contributed by atoms with Gasteiger partial charge in [-0.05, 0) is 95.1 Å². The van der Waals surface area contributed by atoms with E-state index in [4.69, 9.17) is 92.8 Å². The molecule has 0 aliphatic carbocycles. The predicted octanol–water partition coefficient (Wildman–Crippen LogP) is 11.1. The third-order valence-corrected chi connectivity index (χ3v) is 5.86. The van der Waals surface area contributed by atoms with Gasteiger partial charge in [-0.25, -0.2) is 0 Å². The van der Waals surface area contributed by atoms with E-state index < -0.39 is 0 Å². The fourth-order valence-corrected chi connectivity index (χ4v) is 4.99. The van der Waals surface area contributed by atoms with Crippen molar-refractivity contribution >= 4 is 92.8 Å². The van der Waals surface area contributed by atoms with Gasteiger partial charge < -0.3 is 5.48 Å². The lowest BCUT2D eigenvalue weighted by molar-refractivity contribution is 0.824. The van der Waals surface area contributed by atoms with Crippen molar-refractivity contribution in [2.24, 2.45) is 0 Å². The topological polar surface area (TPSA) is 31.5 Å². The molecule has 0 spiro atoms. The molecule has 4 rings (SSSR count). The van der Waals surface area contributed by atoms with E-state index in [2.05, 4.69) is 0 Å². The molecule has 0 aliphatic rings. The fourth-order valence-electron chi connectivity index (χ4n) is 2.88. The Labute approximate surface area is 232 Å². The van der Waals surface area contributed by atoms with Crippen molar-refractivity contribution in [3.8, 4) is 22.3 Å². The van der Waals surface area contributed by atoms with Crippen LogP contribution in [0.15, 0.2) is 72.8 Å². The second kappa shape index (κ2) is 12.7. The lowest BCUT2D eigenvalue weighted by Gasteiger charge is -2.05. The Morgan fingerprint density at radius 1 is 0.242 bits per heavy atom. The monoisotopic (exact) mass is 598 g/mol. The van der Waals surface area contributed by atoms with Crippen LogP contribution < -0.4 is 0 Å². The van der Waals surface area contributed by atoms with Crippen molar-refractivity contribution in [2.45, 2.75) is 0 Å². The minimum atomic E-state index is 0. The number of hydrogen-bond acceptors (Lipinski definition) is 0. The molecule has 4 aromatic rings. The molecule has 0 radical (unpaired) electrons. The van der Waals surface area contributed by atoms with Gasteiger partial charge >= 0.3 is 0 Å². The largest absolute Gasteiger partial charge is 0.412 e. The van der Waals surface area contributed by atoms with Crippen molar-refractivity contribution in [3.63, 3.8) is 0 Å². The Morgan fingerprint density at radius 2 is 0.364 bits per heavy atom. The van der Waals surface area contributed by atoms with Crippen LogP contribution in [0.2, 0.25) is 40.2 Å². The molecule has 0 atom stereocenters. The summed E-state index contributed by atoms with van der Waals surface area (Å²) in [6.07, 6.45) is 0. The number of halogens is 8. The summed E-state index contributed by atoms with van der Waals surface area (Å²) in [6, 6.07) is 21.2. The van der Waals surface area contributed by atoms with Gasteiger partial charge in [-0.2, -0.15) is 0 Å². The van der Waals surface area contributed by atoms with Crippen molar-refractivity contribution in [1.82, 2.24) is 0 Å². The molecule has 0 amide bonds. The molecule has 9 heteroatoms. The summed E-state index contributed by atoms with van der Waals surface area (Å²) in [7, 11) is 0. The van der Waals surface area contributed by atoms with Gasteiger partial charge in [-0.15, -0.1) is 0 Å². The van der Waals surface area contributed by atoms with Gasteiger partial charge in [0.25, 0.3) is 0 Å². The zero-order valence-corrected chi connectivity index (χ0v) is 22.5. The summed E-state index contributed by atoms with van der Waals surface area (Å²) in [5.74, 6) is 0. The number of rotatable bonds is 2. The second-order valence-corrected chi connectivity index (χ2v) is 10.1. The highest BCUT2D eigenvalue weighted by atomic mass is 35.5. The molecule has 0 aliphatic heterocycles. The van der Waals surface area contributed by atoms with E-state index in [0.29, 0.717) is 40.2 Å². The van der Waals surface area contributed by atoms with Crippen LogP contribution in [0.4, 0.5) is 0 Å². The Bertz CT molecular complexity index is 995. The van der Waals surface area contributed by atoms with Gasteiger partial charge in [-0.3, -0.25) is 0 Å². The SMILES string of the molecule is Clc1cc(Cl)cc(-c2cc(Cl)cc(Cl)c2)c1.Clc1cc(Cl)cc(-c2cc(Cl)cc(Cl)c2)c1.O. The molecular weight excluding hydrogens is 588 g/mol. The molecule has 0 saturated carbocycles. The molecule has 1 nitrogen and oxygen atoms in total. The number of hydrogen-bond donors (Lipinski definition) is 0. The standard InChI is InChI=1S/2C12H6Cl4.H2O/c2*13-9-1-7(2-10(14)5-9)8-3-11(15)6-12(16)4-8;/h2*1-6H;1H2. The van der Waals surface area contributed by atoms with E-state index in [1.54, 1.807) is 24.3 Å². The summed E-state index contributed by atoms with van der Waals surface area (Å²) in [4.78, 5) is 0. The van der Waals surface area contributed by atoms with Crippen LogP contribution >= 0.6 is 92.8 Å². The lowest BCUT2D eigenvalue weighted by Crippen LogP contribution is -1.79. The Hall–Kier alpha value is -0.840. The third kappa shape index (κ3) is 8.71. The van der Waals surface area contributed by atoms with E-state index in [1.165, 1.54) is 0 Å². The molecule has 0 heterocycles. The first-order valence-corrected chi connectivity index (χ1v) is 12.0. The summed E-state index contributed by atoms with van der Waals surface area (Å²) in [6.45, 7) is 0. The second-order valence-electron chi connectivity index (χ2n) is 6.63. The lowest BCUT2D eigenvalue weighted by atomic mass is 10.1. The average molecular weight is 602 g/mol. The van der Waals surface area contributed by atoms with E-state index in [0.717, 1.165) is 22.3 Å². The summed E-state index contributed by atoms with van der Waals surface area (Å²) in [5.41, 5.74) is 3.56. The summed E-state index contributed by atoms with van der Waals surface area (Å²) >= 11 is 47.4. The molecule has 172 valence electrons. The quantitative estimate of drug-likeness (QED) is 0.219. The molecule has 2 N–H and O–H groups in total. The zero-order chi connectivity index (χ0) is 23.4. The van der Waals surface area contributed by atoms with Gasteiger partial charge in [0, 0.05) is 40.2 Å². The third-order valence-electron chi connectivity index (χ3n) is 4.12. The average Bonchev–Trinajstić information content (AvgIpc) is 2.65. The molecule has 0 bridgehead atoms. The molecule has 0 aromatic heterocycles. The number of benzene rings is 4. The molecule has 33 heavy (non-hydrogen) atoms. The maximum absolute atomic E-state index is 5.93. The molecular formula is C24H14Cl8O. The van der Waals surface area contributed by atoms with E-state index in [9.17, 15) is 0 Å². The summed E-state index contributed by atoms with van der Waals surface area (Å²) in [5, 5.41) is 4.66. The maximum atomic E-state index is 5.93. The fraction of sp³-hybridized carbons (Fsp3) is 0. The molecule has 4 aromatic carbocycles. The van der Waals surface area contributed by atoms with Gasteiger partial charge in [0.1, 0.15) is 0 Å². The maximum Gasteiger partial charge on any atom is 0.0426 e. The Kier molecular flexibility index (Phi) is 11.0. The van der Waals surface area contributed by atoms with Crippen LogP contribution in [0.3, 0.4) is 0 Å². The zero-order valence-electron chi connectivity index (χ0n) is 16.5. The predicted molar refractivity (Wildman–Crippen MR) is 147 cm³/mol. The van der Waals surface area contributed by atoms with Crippen LogP contribution in [0.5, 0.6) is 0 Å². The molecule has 0 fully saturated rings. The van der Waals surface area contributed by atoms with Gasteiger partial charge in [-0.1, -0.05) is 92.8 Å². The summed E-state index contributed by atoms with van der Waals surface area (Å²) < 4.78 is 0. The van der Waals surface area contributed by atoms with Crippen molar-refractivity contribution in [1.29, 1.82) is 0 Å². The first-order chi connectivity index (χ1) is 15.1. The highest BCUT2D eigenvalue weighted by molar-refractivity contribution is 6.37. The van der Waals surface area contributed by atoms with Crippen LogP contribution in [-0.4, -0.2) is 5.48 Å². The highest BCUT2D eigenvalue weighted by Crippen LogP contribution is 2.32. The Morgan fingerprint density at radius 3 is 0.485 bits per heavy atom. The normalized spacial score (nSPS) is 10.2. The van der Waals surface area contributed by atoms with E-state index in [-0.39, 0.29) is 5.48 Å². The minimum absolute atomic E-state index is 0. The van der Waals surface area contributed by atoms with Gasteiger partial charge in [0.15, 0.2) is 0 Å². The van der Waals surface area contributed by atoms with Crippen LogP contribution in [0.1, 0.15) is 0 Å².